The Morgan fingerprint density at radius 2 is 1.93 bits per heavy atom. The Morgan fingerprint density at radius 1 is 1.18 bits per heavy atom. The van der Waals surface area contributed by atoms with Crippen LogP contribution in [0.2, 0.25) is 0 Å². The van der Waals surface area contributed by atoms with Gasteiger partial charge in [-0.25, -0.2) is 4.98 Å². The molecular weight excluding hydrogens is 570 g/mol. The van der Waals surface area contributed by atoms with Gasteiger partial charge in [-0.2, -0.15) is 4.98 Å². The molecule has 0 unspecified atom stereocenters. The van der Waals surface area contributed by atoms with Gasteiger partial charge in [0.15, 0.2) is 0 Å². The molecule has 4 aromatic rings. The molecule has 3 heterocycles. The van der Waals surface area contributed by atoms with E-state index in [-0.39, 0.29) is 17.5 Å². The highest BCUT2D eigenvalue weighted by Gasteiger charge is 2.41. The van der Waals surface area contributed by atoms with Crippen molar-refractivity contribution in [3.05, 3.63) is 83.3 Å². The average molecular weight is 610 g/mol. The number of fused-ring (bicyclic) bond motifs is 2. The zero-order valence-corrected chi connectivity index (χ0v) is 26.2. The van der Waals surface area contributed by atoms with E-state index in [0.717, 1.165) is 34.9 Å². The molecule has 1 fully saturated rings. The molecule has 1 aliphatic carbocycles. The number of rotatable bonds is 9. The van der Waals surface area contributed by atoms with E-state index in [1.807, 2.05) is 74.4 Å². The molecule has 6 rings (SSSR count). The predicted molar refractivity (Wildman–Crippen MR) is 177 cm³/mol. The number of likely N-dealkylation sites (N-methyl/N-ethyl adjacent to an activating group) is 1. The molecule has 1 amide bonds. The SMILES string of the molecule is C=CC(=O)N1CCN(c2cc3cnc(Nc4ccc(OCCN(C)C)cc4)nc3n(C3CC(C)(O)C3)c2=O)c2cccc(C)c21. The number of anilines is 5. The van der Waals surface area contributed by atoms with E-state index in [0.29, 0.717) is 55.2 Å². The van der Waals surface area contributed by atoms with Gasteiger partial charge in [0, 0.05) is 42.9 Å². The van der Waals surface area contributed by atoms with Crippen LogP contribution in [0.15, 0.2) is 72.2 Å². The number of ether oxygens (including phenoxy) is 1. The van der Waals surface area contributed by atoms with E-state index in [1.165, 1.54) is 6.08 Å². The number of nitrogens with zero attached hydrogens (tertiary/aromatic N) is 6. The van der Waals surface area contributed by atoms with Gasteiger partial charge in [-0.3, -0.25) is 14.2 Å². The Labute approximate surface area is 262 Å². The number of benzene rings is 2. The number of hydrogen-bond acceptors (Lipinski definition) is 9. The molecule has 2 aromatic heterocycles. The van der Waals surface area contributed by atoms with Gasteiger partial charge in [-0.15, -0.1) is 0 Å². The minimum Gasteiger partial charge on any atom is -0.492 e. The summed E-state index contributed by atoms with van der Waals surface area (Å²) in [5, 5.41) is 14.6. The van der Waals surface area contributed by atoms with Crippen LogP contribution in [-0.2, 0) is 4.79 Å². The van der Waals surface area contributed by atoms with Gasteiger partial charge in [0.1, 0.15) is 23.7 Å². The summed E-state index contributed by atoms with van der Waals surface area (Å²) in [5.74, 6) is 0.942. The number of amides is 1. The first kappa shape index (κ1) is 30.3. The number of aliphatic hydroxyl groups is 1. The molecule has 0 atom stereocenters. The Morgan fingerprint density at radius 3 is 2.62 bits per heavy atom. The molecule has 0 spiro atoms. The third-order valence-electron chi connectivity index (χ3n) is 8.44. The van der Waals surface area contributed by atoms with Crippen molar-refractivity contribution < 1.29 is 14.6 Å². The van der Waals surface area contributed by atoms with Crippen LogP contribution >= 0.6 is 0 Å². The number of carbonyl (C=O) groups excluding carboxylic acids is 1. The predicted octanol–water partition coefficient (Wildman–Crippen LogP) is 4.54. The number of nitrogens with one attached hydrogen (secondary N) is 1. The quantitative estimate of drug-likeness (QED) is 0.264. The molecule has 0 bridgehead atoms. The van der Waals surface area contributed by atoms with E-state index in [2.05, 4.69) is 21.8 Å². The van der Waals surface area contributed by atoms with Crippen molar-refractivity contribution in [2.24, 2.45) is 0 Å². The largest absolute Gasteiger partial charge is 0.492 e. The fourth-order valence-corrected chi connectivity index (χ4v) is 6.17. The number of aromatic nitrogens is 3. The van der Waals surface area contributed by atoms with Crippen LogP contribution in [0.1, 0.15) is 31.4 Å². The van der Waals surface area contributed by atoms with Crippen LogP contribution in [-0.4, -0.2) is 76.4 Å². The van der Waals surface area contributed by atoms with Crippen LogP contribution in [0.3, 0.4) is 0 Å². The van der Waals surface area contributed by atoms with Crippen molar-refractivity contribution in [1.82, 2.24) is 19.4 Å². The summed E-state index contributed by atoms with van der Waals surface area (Å²) < 4.78 is 7.50. The molecule has 0 saturated heterocycles. The molecule has 1 saturated carbocycles. The third kappa shape index (κ3) is 6.01. The lowest BCUT2D eigenvalue weighted by Gasteiger charge is -2.43. The highest BCUT2D eigenvalue weighted by atomic mass is 16.5. The van der Waals surface area contributed by atoms with E-state index < -0.39 is 5.60 Å². The van der Waals surface area contributed by atoms with Crippen molar-refractivity contribution in [2.75, 3.05) is 55.5 Å². The van der Waals surface area contributed by atoms with Gasteiger partial charge in [-0.1, -0.05) is 18.7 Å². The molecule has 2 N–H and O–H groups in total. The number of hydrogen-bond donors (Lipinski definition) is 2. The summed E-state index contributed by atoms with van der Waals surface area (Å²) >= 11 is 0. The normalized spacial score (nSPS) is 19.3. The summed E-state index contributed by atoms with van der Waals surface area (Å²) in [6, 6.07) is 15.0. The number of pyridine rings is 1. The van der Waals surface area contributed by atoms with Crippen molar-refractivity contribution in [2.45, 2.75) is 38.3 Å². The van der Waals surface area contributed by atoms with Crippen LogP contribution in [0.4, 0.5) is 28.7 Å². The first-order valence-corrected chi connectivity index (χ1v) is 15.1. The summed E-state index contributed by atoms with van der Waals surface area (Å²) in [7, 11) is 4.00. The lowest BCUT2D eigenvalue weighted by Crippen LogP contribution is -2.47. The van der Waals surface area contributed by atoms with Gasteiger partial charge < -0.3 is 29.9 Å². The molecule has 0 radical (unpaired) electrons. The van der Waals surface area contributed by atoms with Crippen molar-refractivity contribution in [1.29, 1.82) is 0 Å². The highest BCUT2D eigenvalue weighted by molar-refractivity contribution is 6.05. The van der Waals surface area contributed by atoms with Crippen molar-refractivity contribution in [3.63, 3.8) is 0 Å². The molecule has 1 aliphatic heterocycles. The molecule has 234 valence electrons. The second kappa shape index (κ2) is 12.0. The van der Waals surface area contributed by atoms with Gasteiger partial charge in [0.25, 0.3) is 11.5 Å². The smallest absolute Gasteiger partial charge is 0.276 e. The minimum atomic E-state index is -0.850. The molecule has 11 heteroatoms. The second-order valence-corrected chi connectivity index (χ2v) is 12.3. The molecular formula is C34H39N7O4. The van der Waals surface area contributed by atoms with Crippen molar-refractivity contribution in [3.8, 4) is 5.75 Å². The fraction of sp³-hybridized carbons (Fsp3) is 0.353. The molecule has 2 aliphatic rings. The average Bonchev–Trinajstić information content (AvgIpc) is 3.00. The standard InChI is InChI=1S/C34H39N7O4/c1-6-29(42)40-15-14-39(27-9-7-8-22(2)30(27)40)28-18-23-21-35-33(36-24-10-12-26(13-11-24)45-17-16-38(4)5)37-31(23)41(32(28)43)25-19-34(3,44)20-25/h6-13,18,21,25,44H,1,14-17,19-20H2,2-5H3,(H,35,36,37). The topological polar surface area (TPSA) is 116 Å². The maximum atomic E-state index is 14.4. The first-order chi connectivity index (χ1) is 21.5. The minimum absolute atomic E-state index is 0.183. The number of carbonyl (C=O) groups is 1. The lowest BCUT2D eigenvalue weighted by atomic mass is 9.77. The first-order valence-electron chi connectivity index (χ1n) is 15.1. The summed E-state index contributed by atoms with van der Waals surface area (Å²) in [6.07, 6.45) is 3.90. The van der Waals surface area contributed by atoms with E-state index >= 15 is 0 Å². The molecule has 11 nitrogen and oxygen atoms in total. The van der Waals surface area contributed by atoms with E-state index in [1.54, 1.807) is 22.6 Å². The monoisotopic (exact) mass is 609 g/mol. The zero-order valence-electron chi connectivity index (χ0n) is 26.2. The Bertz CT molecular complexity index is 1810. The Kier molecular flexibility index (Phi) is 8.07. The fourth-order valence-electron chi connectivity index (χ4n) is 6.17. The third-order valence-corrected chi connectivity index (χ3v) is 8.44. The maximum Gasteiger partial charge on any atom is 0.276 e. The van der Waals surface area contributed by atoms with Crippen LogP contribution in [0.5, 0.6) is 5.75 Å². The summed E-state index contributed by atoms with van der Waals surface area (Å²) in [6.45, 7) is 9.65. The Balaban J connectivity index is 1.37. The van der Waals surface area contributed by atoms with Gasteiger partial charge in [0.05, 0.1) is 17.0 Å². The van der Waals surface area contributed by atoms with Crippen LogP contribution < -0.4 is 25.4 Å². The number of aryl methyl sites for hydroxylation is 1. The van der Waals surface area contributed by atoms with Crippen LogP contribution in [0, 0.1) is 6.92 Å². The van der Waals surface area contributed by atoms with E-state index in [4.69, 9.17) is 9.72 Å². The summed E-state index contributed by atoms with van der Waals surface area (Å²) in [5.41, 5.74) is 3.15. The number of para-hydroxylation sites is 1. The van der Waals surface area contributed by atoms with Crippen molar-refractivity contribution >= 4 is 45.6 Å². The second-order valence-electron chi connectivity index (χ2n) is 12.3. The summed E-state index contributed by atoms with van der Waals surface area (Å²) in [4.78, 5) is 42.2. The Hall–Kier alpha value is -4.74. The molecule has 2 aromatic carbocycles. The van der Waals surface area contributed by atoms with Crippen LogP contribution in [0.25, 0.3) is 11.0 Å². The lowest BCUT2D eigenvalue weighted by molar-refractivity contribution is -0.114. The molecule has 45 heavy (non-hydrogen) atoms. The van der Waals surface area contributed by atoms with Gasteiger partial charge >= 0.3 is 0 Å². The van der Waals surface area contributed by atoms with E-state index in [9.17, 15) is 14.7 Å². The van der Waals surface area contributed by atoms with Gasteiger partial charge in [0.2, 0.25) is 5.95 Å². The highest BCUT2D eigenvalue weighted by Crippen LogP contribution is 2.43. The maximum absolute atomic E-state index is 14.4. The van der Waals surface area contributed by atoms with Gasteiger partial charge in [-0.05, 0) is 88.8 Å². The zero-order chi connectivity index (χ0) is 31.9.